The Morgan fingerprint density at radius 1 is 1.24 bits per heavy atom. The molecule has 160 valence electrons. The summed E-state index contributed by atoms with van der Waals surface area (Å²) >= 11 is 0. The van der Waals surface area contributed by atoms with Crippen molar-refractivity contribution in [2.24, 2.45) is 22.1 Å². The van der Waals surface area contributed by atoms with E-state index in [0.29, 0.717) is 18.5 Å². The van der Waals surface area contributed by atoms with E-state index >= 15 is 0 Å². The average molecular weight is 400 g/mol. The number of primary amides is 1. The van der Waals surface area contributed by atoms with Crippen molar-refractivity contribution in [2.75, 3.05) is 32.7 Å². The van der Waals surface area contributed by atoms with Crippen LogP contribution in [0, 0.1) is 11.3 Å². The largest absolute Gasteiger partial charge is 0.369 e. The zero-order chi connectivity index (χ0) is 20.9. The second-order valence-corrected chi connectivity index (χ2v) is 9.08. The number of aliphatic imine (C=N–C) groups is 1. The monoisotopic (exact) mass is 399 g/mol. The van der Waals surface area contributed by atoms with Gasteiger partial charge in [-0.2, -0.15) is 0 Å². The molecule has 2 heterocycles. The van der Waals surface area contributed by atoms with E-state index in [1.165, 1.54) is 24.9 Å². The molecular formula is C23H37N5O. The smallest absolute Gasteiger partial charge is 0.224 e. The van der Waals surface area contributed by atoms with Crippen molar-refractivity contribution < 1.29 is 4.79 Å². The Bertz CT molecular complexity index is 702. The fourth-order valence-electron chi connectivity index (χ4n) is 4.49. The van der Waals surface area contributed by atoms with E-state index in [1.54, 1.807) is 0 Å². The third-order valence-electron chi connectivity index (χ3n) is 6.34. The standard InChI is InChI=1S/C23H37N5O/c1-4-25-22(26-17-23(2,3)21(24)29)28-14-12-20-19(16-28)11-8-13-27(20)15-18-9-6-5-7-10-18/h5-7,9-10,19-20H,4,8,11-17H2,1-3H3,(H2,24,29)(H,25,26). The predicted molar refractivity (Wildman–Crippen MR) is 119 cm³/mol. The van der Waals surface area contributed by atoms with Crippen LogP contribution in [0.25, 0.3) is 0 Å². The van der Waals surface area contributed by atoms with Crippen LogP contribution in [0.4, 0.5) is 0 Å². The maximum atomic E-state index is 11.7. The minimum atomic E-state index is -0.629. The van der Waals surface area contributed by atoms with Gasteiger partial charge < -0.3 is 16.0 Å². The molecule has 2 atom stereocenters. The minimum Gasteiger partial charge on any atom is -0.369 e. The average Bonchev–Trinajstić information content (AvgIpc) is 2.71. The highest BCUT2D eigenvalue weighted by molar-refractivity contribution is 5.82. The van der Waals surface area contributed by atoms with Gasteiger partial charge in [0.2, 0.25) is 5.91 Å². The zero-order valence-corrected chi connectivity index (χ0v) is 18.2. The Morgan fingerprint density at radius 3 is 2.69 bits per heavy atom. The van der Waals surface area contributed by atoms with E-state index in [-0.39, 0.29) is 5.91 Å². The van der Waals surface area contributed by atoms with Crippen LogP contribution in [0.1, 0.15) is 45.6 Å². The highest BCUT2D eigenvalue weighted by Crippen LogP contribution is 2.31. The molecule has 6 nitrogen and oxygen atoms in total. The van der Waals surface area contributed by atoms with Crippen molar-refractivity contribution in [3.05, 3.63) is 35.9 Å². The number of amides is 1. The quantitative estimate of drug-likeness (QED) is 0.569. The minimum absolute atomic E-state index is 0.306. The second kappa shape index (κ2) is 9.61. The molecule has 2 saturated heterocycles. The third-order valence-corrected chi connectivity index (χ3v) is 6.34. The SMILES string of the molecule is CCNC(=NCC(C)(C)C(N)=O)N1CCC2C(CCCN2Cc2ccccc2)C1. The summed E-state index contributed by atoms with van der Waals surface area (Å²) in [4.78, 5) is 21.5. The van der Waals surface area contributed by atoms with Crippen LogP contribution in [-0.4, -0.2) is 60.4 Å². The summed E-state index contributed by atoms with van der Waals surface area (Å²) in [5, 5.41) is 3.42. The summed E-state index contributed by atoms with van der Waals surface area (Å²) < 4.78 is 0. The van der Waals surface area contributed by atoms with Crippen molar-refractivity contribution in [1.82, 2.24) is 15.1 Å². The number of hydrogen-bond donors (Lipinski definition) is 2. The molecule has 29 heavy (non-hydrogen) atoms. The Labute approximate surface area is 175 Å². The normalized spacial score (nSPS) is 23.6. The van der Waals surface area contributed by atoms with Gasteiger partial charge in [0.15, 0.2) is 5.96 Å². The van der Waals surface area contributed by atoms with Crippen molar-refractivity contribution in [3.63, 3.8) is 0 Å². The van der Waals surface area contributed by atoms with Gasteiger partial charge in [-0.3, -0.25) is 14.7 Å². The maximum Gasteiger partial charge on any atom is 0.224 e. The number of carbonyl (C=O) groups is 1. The number of rotatable bonds is 6. The second-order valence-electron chi connectivity index (χ2n) is 9.08. The summed E-state index contributed by atoms with van der Waals surface area (Å²) in [6.07, 6.45) is 3.68. The molecular weight excluding hydrogens is 362 g/mol. The number of benzene rings is 1. The zero-order valence-electron chi connectivity index (χ0n) is 18.2. The number of piperidine rings is 2. The number of nitrogens with one attached hydrogen (secondary N) is 1. The molecule has 2 aliphatic heterocycles. The molecule has 0 radical (unpaired) electrons. The number of hydrogen-bond acceptors (Lipinski definition) is 3. The lowest BCUT2D eigenvalue weighted by atomic mass is 9.83. The van der Waals surface area contributed by atoms with Crippen molar-refractivity contribution in [1.29, 1.82) is 0 Å². The number of guanidine groups is 1. The summed E-state index contributed by atoms with van der Waals surface area (Å²) in [5.74, 6) is 1.27. The van der Waals surface area contributed by atoms with Crippen LogP contribution in [0.3, 0.4) is 0 Å². The molecule has 2 fully saturated rings. The van der Waals surface area contributed by atoms with Gasteiger partial charge in [0.1, 0.15) is 0 Å². The highest BCUT2D eigenvalue weighted by Gasteiger charge is 2.37. The first-order valence-corrected chi connectivity index (χ1v) is 11.0. The number of likely N-dealkylation sites (tertiary alicyclic amines) is 2. The molecule has 1 aromatic rings. The first kappa shape index (κ1) is 21.6. The predicted octanol–water partition coefficient (Wildman–Crippen LogP) is 2.45. The summed E-state index contributed by atoms with van der Waals surface area (Å²) in [6, 6.07) is 11.5. The van der Waals surface area contributed by atoms with Gasteiger partial charge in [-0.1, -0.05) is 30.3 Å². The molecule has 0 aromatic heterocycles. The summed E-state index contributed by atoms with van der Waals surface area (Å²) in [5.41, 5.74) is 6.30. The van der Waals surface area contributed by atoms with E-state index in [0.717, 1.165) is 38.6 Å². The Morgan fingerprint density at radius 2 is 2.00 bits per heavy atom. The highest BCUT2D eigenvalue weighted by atomic mass is 16.1. The fraction of sp³-hybridized carbons (Fsp3) is 0.652. The molecule has 1 amide bonds. The van der Waals surface area contributed by atoms with Gasteiger partial charge in [-0.05, 0) is 58.1 Å². The molecule has 0 aliphatic carbocycles. The van der Waals surface area contributed by atoms with E-state index in [2.05, 4.69) is 52.4 Å². The van der Waals surface area contributed by atoms with E-state index in [1.807, 2.05) is 13.8 Å². The van der Waals surface area contributed by atoms with Gasteiger partial charge in [0, 0.05) is 32.2 Å². The molecule has 3 rings (SSSR count). The third kappa shape index (κ3) is 5.50. The lowest BCUT2D eigenvalue weighted by molar-refractivity contribution is -0.125. The lowest BCUT2D eigenvalue weighted by Crippen LogP contribution is -2.56. The molecule has 0 bridgehead atoms. The number of carbonyl (C=O) groups excluding carboxylic acids is 1. The Hall–Kier alpha value is -2.08. The van der Waals surface area contributed by atoms with Crippen LogP contribution in [0.2, 0.25) is 0 Å². The van der Waals surface area contributed by atoms with Gasteiger partial charge in [0.05, 0.1) is 12.0 Å². The molecule has 0 spiro atoms. The van der Waals surface area contributed by atoms with E-state index in [9.17, 15) is 4.79 Å². The number of nitrogens with two attached hydrogens (primary N) is 1. The first-order chi connectivity index (χ1) is 13.9. The van der Waals surface area contributed by atoms with E-state index < -0.39 is 5.41 Å². The lowest BCUT2D eigenvalue weighted by Gasteiger charge is -2.48. The van der Waals surface area contributed by atoms with Crippen LogP contribution >= 0.6 is 0 Å². The van der Waals surface area contributed by atoms with Crippen LogP contribution in [-0.2, 0) is 11.3 Å². The first-order valence-electron chi connectivity index (χ1n) is 11.0. The van der Waals surface area contributed by atoms with Crippen molar-refractivity contribution in [3.8, 4) is 0 Å². The van der Waals surface area contributed by atoms with Gasteiger partial charge in [0.25, 0.3) is 0 Å². The van der Waals surface area contributed by atoms with Crippen molar-refractivity contribution in [2.45, 2.75) is 52.6 Å². The molecule has 3 N–H and O–H groups in total. The van der Waals surface area contributed by atoms with Gasteiger partial charge in [-0.25, -0.2) is 0 Å². The van der Waals surface area contributed by atoms with Crippen molar-refractivity contribution >= 4 is 11.9 Å². The van der Waals surface area contributed by atoms with E-state index in [4.69, 9.17) is 10.7 Å². The number of fused-ring (bicyclic) bond motifs is 1. The van der Waals surface area contributed by atoms with Crippen LogP contribution < -0.4 is 11.1 Å². The summed E-state index contributed by atoms with van der Waals surface area (Å²) in [7, 11) is 0. The molecule has 1 aromatic carbocycles. The van der Waals surface area contributed by atoms with Crippen LogP contribution in [0.15, 0.2) is 35.3 Å². The molecule has 6 heteroatoms. The topological polar surface area (TPSA) is 74.0 Å². The Balaban J connectivity index is 1.66. The van der Waals surface area contributed by atoms with Gasteiger partial charge in [-0.15, -0.1) is 0 Å². The number of nitrogens with zero attached hydrogens (tertiary/aromatic N) is 3. The summed E-state index contributed by atoms with van der Waals surface area (Å²) in [6.45, 7) is 11.3. The fourth-order valence-corrected chi connectivity index (χ4v) is 4.49. The molecule has 0 saturated carbocycles. The van der Waals surface area contributed by atoms with Crippen LogP contribution in [0.5, 0.6) is 0 Å². The molecule has 2 aliphatic rings. The van der Waals surface area contributed by atoms with Gasteiger partial charge >= 0.3 is 0 Å². The maximum absolute atomic E-state index is 11.7. The molecule has 2 unspecified atom stereocenters. The Kier molecular flexibility index (Phi) is 7.17.